The molecule has 70 valence electrons. The molecule has 0 bridgehead atoms. The number of hydrogen-bond donors (Lipinski definition) is 1. The first-order chi connectivity index (χ1) is 6.22. The fraction of sp³-hybridized carbons (Fsp3) is 0.300. The van der Waals surface area contributed by atoms with Crippen LogP contribution >= 0.6 is 0 Å². The smallest absolute Gasteiger partial charge is 0.169 e. The van der Waals surface area contributed by atoms with Crippen molar-refractivity contribution in [2.24, 2.45) is 0 Å². The van der Waals surface area contributed by atoms with Gasteiger partial charge < -0.3 is 10.5 Å². The van der Waals surface area contributed by atoms with Gasteiger partial charge in [0.25, 0.3) is 0 Å². The third-order valence-corrected chi connectivity index (χ3v) is 1.65. The number of nitrogens with two attached hydrogens (primary N) is 1. The number of rotatable bonds is 4. The molecule has 13 heavy (non-hydrogen) atoms. The maximum atomic E-state index is 10.9. The molecule has 0 atom stereocenters. The normalized spacial score (nSPS) is 9.62. The molecule has 0 saturated carbocycles. The van der Waals surface area contributed by atoms with Crippen molar-refractivity contribution < 1.29 is 9.53 Å². The minimum absolute atomic E-state index is 0.0856. The van der Waals surface area contributed by atoms with Gasteiger partial charge in [-0.15, -0.1) is 0 Å². The molecule has 0 aliphatic heterocycles. The number of ether oxygens (including phenoxy) is 1. The molecule has 2 N–H and O–H groups in total. The number of Topliss-reactive ketones (excluding diaryl/α,β-unsaturated/α-hetero) is 1. The van der Waals surface area contributed by atoms with Crippen molar-refractivity contribution in [3.8, 4) is 5.75 Å². The molecule has 0 fully saturated rings. The van der Waals surface area contributed by atoms with Crippen molar-refractivity contribution in [2.75, 3.05) is 12.3 Å². The molecule has 0 aromatic heterocycles. The highest BCUT2D eigenvalue weighted by Gasteiger charge is 1.99. The lowest BCUT2D eigenvalue weighted by Crippen LogP contribution is -2.09. The Bertz CT molecular complexity index is 297. The van der Waals surface area contributed by atoms with E-state index in [0.29, 0.717) is 17.9 Å². The average molecular weight is 179 g/mol. The van der Waals surface area contributed by atoms with E-state index in [-0.39, 0.29) is 12.4 Å². The molecule has 3 heteroatoms. The maximum Gasteiger partial charge on any atom is 0.169 e. The number of ketones is 1. The van der Waals surface area contributed by atoms with Crippen LogP contribution in [0.25, 0.3) is 0 Å². The Balaban J connectivity index is 2.50. The summed E-state index contributed by atoms with van der Waals surface area (Å²) in [5, 5.41) is 0. The van der Waals surface area contributed by atoms with E-state index >= 15 is 0 Å². The highest BCUT2D eigenvalue weighted by Crippen LogP contribution is 2.14. The van der Waals surface area contributed by atoms with Crippen molar-refractivity contribution in [3.63, 3.8) is 0 Å². The zero-order chi connectivity index (χ0) is 9.68. The Morgan fingerprint density at radius 3 is 2.92 bits per heavy atom. The highest BCUT2D eigenvalue weighted by atomic mass is 16.5. The minimum Gasteiger partial charge on any atom is -0.486 e. The standard InChI is InChI=1S/C10H13NO2/c1-2-9(12)7-13-10-5-3-4-8(11)6-10/h3-6H,2,7,11H2,1H3. The van der Waals surface area contributed by atoms with Crippen molar-refractivity contribution in [2.45, 2.75) is 13.3 Å². The Morgan fingerprint density at radius 1 is 1.54 bits per heavy atom. The summed E-state index contributed by atoms with van der Waals surface area (Å²) in [7, 11) is 0. The van der Waals surface area contributed by atoms with Crippen LogP contribution in [0.1, 0.15) is 13.3 Å². The van der Waals surface area contributed by atoms with Crippen LogP contribution in [0.5, 0.6) is 5.75 Å². The molecule has 0 aliphatic carbocycles. The highest BCUT2D eigenvalue weighted by molar-refractivity contribution is 5.79. The van der Waals surface area contributed by atoms with Crippen LogP contribution in [0.2, 0.25) is 0 Å². The van der Waals surface area contributed by atoms with Crippen molar-refractivity contribution in [3.05, 3.63) is 24.3 Å². The van der Waals surface area contributed by atoms with Gasteiger partial charge in [0.1, 0.15) is 12.4 Å². The van der Waals surface area contributed by atoms with E-state index in [1.54, 1.807) is 24.3 Å². The molecular weight excluding hydrogens is 166 g/mol. The van der Waals surface area contributed by atoms with Crippen LogP contribution in [0.4, 0.5) is 5.69 Å². The van der Waals surface area contributed by atoms with E-state index in [4.69, 9.17) is 10.5 Å². The summed E-state index contributed by atoms with van der Waals surface area (Å²) >= 11 is 0. The van der Waals surface area contributed by atoms with Gasteiger partial charge in [-0.2, -0.15) is 0 Å². The van der Waals surface area contributed by atoms with Crippen LogP contribution < -0.4 is 10.5 Å². The zero-order valence-electron chi connectivity index (χ0n) is 7.62. The molecule has 1 aromatic rings. The summed E-state index contributed by atoms with van der Waals surface area (Å²) in [6.07, 6.45) is 0.502. The zero-order valence-corrected chi connectivity index (χ0v) is 7.62. The second kappa shape index (κ2) is 4.50. The molecule has 1 aromatic carbocycles. The van der Waals surface area contributed by atoms with E-state index < -0.39 is 0 Å². The first kappa shape index (κ1) is 9.58. The number of benzene rings is 1. The van der Waals surface area contributed by atoms with Crippen molar-refractivity contribution in [1.82, 2.24) is 0 Å². The number of hydrogen-bond acceptors (Lipinski definition) is 3. The average Bonchev–Trinajstić information content (AvgIpc) is 2.14. The van der Waals surface area contributed by atoms with Gasteiger partial charge in [-0.1, -0.05) is 13.0 Å². The van der Waals surface area contributed by atoms with E-state index in [2.05, 4.69) is 0 Å². The van der Waals surface area contributed by atoms with E-state index in [1.807, 2.05) is 6.92 Å². The molecule has 1 rings (SSSR count). The number of anilines is 1. The summed E-state index contributed by atoms with van der Waals surface area (Å²) < 4.78 is 5.21. The van der Waals surface area contributed by atoms with Crippen molar-refractivity contribution >= 4 is 11.5 Å². The summed E-state index contributed by atoms with van der Waals surface area (Å²) in [6, 6.07) is 7.04. The fourth-order valence-electron chi connectivity index (χ4n) is 0.870. The van der Waals surface area contributed by atoms with E-state index in [1.165, 1.54) is 0 Å². The van der Waals surface area contributed by atoms with Crippen LogP contribution in [0.3, 0.4) is 0 Å². The van der Waals surface area contributed by atoms with E-state index in [9.17, 15) is 4.79 Å². The predicted octanol–water partition coefficient (Wildman–Crippen LogP) is 1.63. The first-order valence-electron chi connectivity index (χ1n) is 4.22. The minimum atomic E-state index is 0.0856. The molecule has 0 saturated heterocycles. The molecule has 0 aliphatic rings. The lowest BCUT2D eigenvalue weighted by molar-refractivity contribution is -0.120. The van der Waals surface area contributed by atoms with Crippen LogP contribution in [0, 0.1) is 0 Å². The fourth-order valence-corrected chi connectivity index (χ4v) is 0.870. The maximum absolute atomic E-state index is 10.9. The van der Waals surface area contributed by atoms with Crippen molar-refractivity contribution in [1.29, 1.82) is 0 Å². The van der Waals surface area contributed by atoms with Gasteiger partial charge in [0.05, 0.1) is 0 Å². The lowest BCUT2D eigenvalue weighted by Gasteiger charge is -2.04. The number of nitrogen functional groups attached to an aromatic ring is 1. The topological polar surface area (TPSA) is 52.3 Å². The van der Waals surface area contributed by atoms with Gasteiger partial charge in [-0.3, -0.25) is 4.79 Å². The second-order valence-corrected chi connectivity index (χ2v) is 2.75. The van der Waals surface area contributed by atoms with E-state index in [0.717, 1.165) is 0 Å². The van der Waals surface area contributed by atoms with Gasteiger partial charge in [-0.25, -0.2) is 0 Å². The van der Waals surface area contributed by atoms with Gasteiger partial charge >= 0.3 is 0 Å². The molecule has 0 spiro atoms. The second-order valence-electron chi connectivity index (χ2n) is 2.75. The first-order valence-corrected chi connectivity index (χ1v) is 4.22. The summed E-state index contributed by atoms with van der Waals surface area (Å²) in [5.41, 5.74) is 6.17. The lowest BCUT2D eigenvalue weighted by atomic mass is 10.3. The van der Waals surface area contributed by atoms with Gasteiger partial charge in [0.15, 0.2) is 5.78 Å². The molecule has 0 heterocycles. The SMILES string of the molecule is CCC(=O)COc1cccc(N)c1. The summed E-state index contributed by atoms with van der Waals surface area (Å²) in [5.74, 6) is 0.726. The summed E-state index contributed by atoms with van der Waals surface area (Å²) in [4.78, 5) is 10.9. The van der Waals surface area contributed by atoms with Gasteiger partial charge in [0.2, 0.25) is 0 Å². The molecule has 0 unspecified atom stereocenters. The van der Waals surface area contributed by atoms with Crippen LogP contribution in [-0.2, 0) is 4.79 Å². The third-order valence-electron chi connectivity index (χ3n) is 1.65. The molecular formula is C10H13NO2. The summed E-state index contributed by atoms with van der Waals surface area (Å²) in [6.45, 7) is 1.94. The monoisotopic (exact) mass is 179 g/mol. The Labute approximate surface area is 77.5 Å². The Hall–Kier alpha value is -1.51. The third kappa shape index (κ3) is 3.15. The predicted molar refractivity (Wildman–Crippen MR) is 51.6 cm³/mol. The van der Waals surface area contributed by atoms with Gasteiger partial charge in [-0.05, 0) is 12.1 Å². The van der Waals surface area contributed by atoms with Crippen LogP contribution in [-0.4, -0.2) is 12.4 Å². The molecule has 0 amide bonds. The number of carbonyl (C=O) groups excluding carboxylic acids is 1. The number of carbonyl (C=O) groups is 1. The quantitative estimate of drug-likeness (QED) is 0.714. The molecule has 3 nitrogen and oxygen atoms in total. The Morgan fingerprint density at radius 2 is 2.31 bits per heavy atom. The van der Waals surface area contributed by atoms with Crippen LogP contribution in [0.15, 0.2) is 24.3 Å². The molecule has 0 radical (unpaired) electrons. The largest absolute Gasteiger partial charge is 0.486 e. The Kier molecular flexibility index (Phi) is 3.31. The van der Waals surface area contributed by atoms with Gasteiger partial charge in [0, 0.05) is 18.2 Å².